The molecule has 28 heavy (non-hydrogen) atoms. The van der Waals surface area contributed by atoms with Crippen LogP contribution < -0.4 is 19.7 Å². The molecule has 0 aliphatic heterocycles. The number of sulfonamides is 1. The highest BCUT2D eigenvalue weighted by Crippen LogP contribution is 2.29. The van der Waals surface area contributed by atoms with Gasteiger partial charge < -0.3 is 15.0 Å². The molecule has 0 unspecified atom stereocenters. The zero-order valence-electron chi connectivity index (χ0n) is 16.8. The molecule has 0 saturated carbocycles. The molecule has 2 rings (SSSR count). The quantitative estimate of drug-likeness (QED) is 0.755. The molecule has 10 heteroatoms. The van der Waals surface area contributed by atoms with Crippen molar-refractivity contribution in [2.75, 3.05) is 36.1 Å². The molecule has 2 N–H and O–H groups in total. The number of benzene rings is 1. The lowest BCUT2D eigenvalue weighted by Crippen LogP contribution is -2.29. The summed E-state index contributed by atoms with van der Waals surface area (Å²) in [6.45, 7) is 5.19. The summed E-state index contributed by atoms with van der Waals surface area (Å²) >= 11 is 0. The van der Waals surface area contributed by atoms with Gasteiger partial charge in [0, 0.05) is 31.8 Å². The van der Waals surface area contributed by atoms with E-state index in [2.05, 4.69) is 20.0 Å². The molecule has 1 aromatic heterocycles. The summed E-state index contributed by atoms with van der Waals surface area (Å²) < 4.78 is 33.4. The average molecular weight is 407 g/mol. The van der Waals surface area contributed by atoms with Crippen molar-refractivity contribution in [2.45, 2.75) is 25.7 Å². The minimum atomic E-state index is -4.07. The molecular formula is C18H25N5O4S. The number of nitrogens with zero attached hydrogens (tertiary/aromatic N) is 3. The Morgan fingerprint density at radius 1 is 1.18 bits per heavy atom. The molecule has 152 valence electrons. The fourth-order valence-corrected chi connectivity index (χ4v) is 3.20. The summed E-state index contributed by atoms with van der Waals surface area (Å²) in [5.41, 5.74) is -0.601. The molecule has 0 aliphatic rings. The van der Waals surface area contributed by atoms with E-state index in [1.807, 2.05) is 0 Å². The first kappa shape index (κ1) is 21.4. The maximum atomic E-state index is 12.9. The number of carbonyl (C=O) groups excluding carboxylic acids is 1. The summed E-state index contributed by atoms with van der Waals surface area (Å²) in [5, 5.41) is 2.66. The number of hydrogen-bond acceptors (Lipinski definition) is 7. The summed E-state index contributed by atoms with van der Waals surface area (Å²) in [6, 6.07) is 5.96. The van der Waals surface area contributed by atoms with Gasteiger partial charge in [0.15, 0.2) is 0 Å². The maximum Gasteiger partial charge on any atom is 0.266 e. The van der Waals surface area contributed by atoms with Gasteiger partial charge in [-0.15, -0.1) is 0 Å². The zero-order chi connectivity index (χ0) is 21.1. The Morgan fingerprint density at radius 3 is 2.43 bits per heavy atom. The van der Waals surface area contributed by atoms with Crippen LogP contribution in [0.4, 0.5) is 17.5 Å². The first-order valence-corrected chi connectivity index (χ1v) is 9.95. The van der Waals surface area contributed by atoms with E-state index >= 15 is 0 Å². The SMILES string of the molecule is COc1ccc(S(=O)(=O)Nc2nccc(N(C)C)n2)c(NC(=O)C(C)(C)C)c1. The second-order valence-electron chi connectivity index (χ2n) is 7.30. The van der Waals surface area contributed by atoms with Crippen molar-refractivity contribution >= 4 is 33.4 Å². The Hall–Kier alpha value is -2.88. The number of nitrogens with one attached hydrogen (secondary N) is 2. The Balaban J connectivity index is 2.44. The van der Waals surface area contributed by atoms with Gasteiger partial charge >= 0.3 is 0 Å². The molecule has 2 aromatic rings. The Bertz CT molecular complexity index is 968. The van der Waals surface area contributed by atoms with Crippen LogP contribution in [0.1, 0.15) is 20.8 Å². The highest BCUT2D eigenvalue weighted by molar-refractivity contribution is 7.92. The highest BCUT2D eigenvalue weighted by atomic mass is 32.2. The fraction of sp³-hybridized carbons (Fsp3) is 0.389. The predicted octanol–water partition coefficient (Wildman–Crippen LogP) is 2.34. The van der Waals surface area contributed by atoms with Gasteiger partial charge in [-0.3, -0.25) is 4.79 Å². The van der Waals surface area contributed by atoms with E-state index < -0.39 is 15.4 Å². The lowest BCUT2D eigenvalue weighted by atomic mass is 9.95. The van der Waals surface area contributed by atoms with Crippen LogP contribution in [0.3, 0.4) is 0 Å². The van der Waals surface area contributed by atoms with E-state index in [1.165, 1.54) is 31.5 Å². The van der Waals surface area contributed by atoms with Gasteiger partial charge in [0.25, 0.3) is 10.0 Å². The topological polar surface area (TPSA) is 114 Å². The first-order valence-electron chi connectivity index (χ1n) is 8.47. The van der Waals surface area contributed by atoms with Gasteiger partial charge in [0.1, 0.15) is 16.5 Å². The monoisotopic (exact) mass is 407 g/mol. The van der Waals surface area contributed by atoms with Crippen LogP contribution >= 0.6 is 0 Å². The van der Waals surface area contributed by atoms with E-state index in [1.54, 1.807) is 45.8 Å². The Labute approximate surface area is 165 Å². The van der Waals surface area contributed by atoms with E-state index in [-0.39, 0.29) is 22.4 Å². The first-order chi connectivity index (χ1) is 12.9. The third-order valence-corrected chi connectivity index (χ3v) is 5.12. The number of anilines is 3. The molecule has 0 radical (unpaired) electrons. The lowest BCUT2D eigenvalue weighted by Gasteiger charge is -2.20. The third-order valence-electron chi connectivity index (χ3n) is 3.73. The van der Waals surface area contributed by atoms with Crippen LogP contribution in [-0.4, -0.2) is 45.5 Å². The van der Waals surface area contributed by atoms with Crippen molar-refractivity contribution in [3.63, 3.8) is 0 Å². The van der Waals surface area contributed by atoms with Gasteiger partial charge in [-0.2, -0.15) is 4.98 Å². The van der Waals surface area contributed by atoms with Crippen molar-refractivity contribution in [3.8, 4) is 5.75 Å². The fourth-order valence-electron chi connectivity index (χ4n) is 2.10. The van der Waals surface area contributed by atoms with Crippen LogP contribution in [0.25, 0.3) is 0 Å². The number of rotatable bonds is 6. The van der Waals surface area contributed by atoms with Crippen LogP contribution in [-0.2, 0) is 14.8 Å². The Kier molecular flexibility index (Phi) is 6.13. The lowest BCUT2D eigenvalue weighted by molar-refractivity contribution is -0.123. The van der Waals surface area contributed by atoms with Gasteiger partial charge in [-0.1, -0.05) is 20.8 Å². The van der Waals surface area contributed by atoms with Crippen molar-refractivity contribution in [1.82, 2.24) is 9.97 Å². The van der Waals surface area contributed by atoms with Crippen molar-refractivity contribution < 1.29 is 17.9 Å². The smallest absolute Gasteiger partial charge is 0.266 e. The number of methoxy groups -OCH3 is 1. The zero-order valence-corrected chi connectivity index (χ0v) is 17.6. The summed E-state index contributed by atoms with van der Waals surface area (Å²) in [4.78, 5) is 22.1. The maximum absolute atomic E-state index is 12.9. The second-order valence-corrected chi connectivity index (χ2v) is 8.96. The largest absolute Gasteiger partial charge is 0.497 e. The minimum Gasteiger partial charge on any atom is -0.497 e. The number of amides is 1. The van der Waals surface area contributed by atoms with Crippen LogP contribution in [0, 0.1) is 5.41 Å². The average Bonchev–Trinajstić information content (AvgIpc) is 2.60. The highest BCUT2D eigenvalue weighted by Gasteiger charge is 2.26. The van der Waals surface area contributed by atoms with E-state index in [0.717, 1.165) is 0 Å². The molecule has 9 nitrogen and oxygen atoms in total. The molecule has 0 saturated heterocycles. The van der Waals surface area contributed by atoms with Crippen molar-refractivity contribution in [2.24, 2.45) is 5.41 Å². The summed E-state index contributed by atoms with van der Waals surface area (Å²) in [6.07, 6.45) is 1.45. The minimum absolute atomic E-state index is 0.0740. The molecule has 1 heterocycles. The molecule has 0 spiro atoms. The van der Waals surface area contributed by atoms with E-state index in [9.17, 15) is 13.2 Å². The van der Waals surface area contributed by atoms with Crippen molar-refractivity contribution in [3.05, 3.63) is 30.5 Å². The normalized spacial score (nSPS) is 11.6. The molecule has 1 amide bonds. The Morgan fingerprint density at radius 2 is 1.86 bits per heavy atom. The molecule has 0 fully saturated rings. The number of ether oxygens (including phenoxy) is 1. The molecule has 0 atom stereocenters. The molecule has 0 aliphatic carbocycles. The third kappa shape index (κ3) is 5.10. The molecular weight excluding hydrogens is 382 g/mol. The number of hydrogen-bond donors (Lipinski definition) is 2. The number of aromatic nitrogens is 2. The van der Waals surface area contributed by atoms with E-state index in [0.29, 0.717) is 11.6 Å². The van der Waals surface area contributed by atoms with Crippen LogP contribution in [0.15, 0.2) is 35.4 Å². The second kappa shape index (κ2) is 8.01. The van der Waals surface area contributed by atoms with Crippen molar-refractivity contribution in [1.29, 1.82) is 0 Å². The molecule has 1 aromatic carbocycles. The van der Waals surface area contributed by atoms with Crippen LogP contribution in [0.2, 0.25) is 0 Å². The predicted molar refractivity (Wildman–Crippen MR) is 108 cm³/mol. The summed E-state index contributed by atoms with van der Waals surface area (Å²) in [5.74, 6) is 0.552. The standard InChI is InChI=1S/C18H25N5O4S/c1-18(2,3)16(24)20-13-11-12(27-6)7-8-14(13)28(25,26)22-17-19-10-9-15(21-17)23(4)5/h7-11H,1-6H3,(H,20,24)(H,19,21,22). The van der Waals surface area contributed by atoms with E-state index in [4.69, 9.17) is 4.74 Å². The van der Waals surface area contributed by atoms with Gasteiger partial charge in [0.2, 0.25) is 11.9 Å². The van der Waals surface area contributed by atoms with Gasteiger partial charge in [-0.25, -0.2) is 18.1 Å². The summed E-state index contributed by atoms with van der Waals surface area (Å²) in [7, 11) is 0.954. The molecule has 0 bridgehead atoms. The van der Waals surface area contributed by atoms with Crippen LogP contribution in [0.5, 0.6) is 5.75 Å². The van der Waals surface area contributed by atoms with Gasteiger partial charge in [0.05, 0.1) is 12.8 Å². The van der Waals surface area contributed by atoms with Gasteiger partial charge in [-0.05, 0) is 18.2 Å². The number of carbonyl (C=O) groups is 1.